The molecule has 0 aliphatic rings. The minimum atomic E-state index is -4.92. The van der Waals surface area contributed by atoms with Crippen LogP contribution >= 0.6 is 22.6 Å². The van der Waals surface area contributed by atoms with Crippen LogP contribution in [-0.2, 0) is 22.6 Å². The van der Waals surface area contributed by atoms with Crippen LogP contribution in [0.1, 0.15) is 11.4 Å². The molecule has 1 aromatic heterocycles. The maximum Gasteiger partial charge on any atom is 0.573 e. The molecular weight excluding hydrogens is 385 g/mol. The van der Waals surface area contributed by atoms with E-state index in [4.69, 9.17) is 0 Å². The minimum absolute atomic E-state index is 0.0611. The molecule has 19 heavy (non-hydrogen) atoms. The Morgan fingerprint density at radius 2 is 2.05 bits per heavy atom. The topological polar surface area (TPSA) is 48.4 Å². The molecule has 1 rings (SSSR count). The van der Waals surface area contributed by atoms with Gasteiger partial charge in [-0.25, -0.2) is 9.37 Å². The number of carbonyl (C=O) groups excluding carboxylic acids is 1. The van der Waals surface area contributed by atoms with Crippen LogP contribution in [0, 0.1) is 3.57 Å². The van der Waals surface area contributed by atoms with E-state index in [1.165, 1.54) is 0 Å². The monoisotopic (exact) mass is 393 g/mol. The average Bonchev–Trinajstić information content (AvgIpc) is 2.30. The van der Waals surface area contributed by atoms with Crippen molar-refractivity contribution in [1.29, 1.82) is 0 Å². The zero-order valence-corrected chi connectivity index (χ0v) is 11.7. The highest BCUT2D eigenvalue weighted by atomic mass is 127. The molecule has 0 aliphatic carbocycles. The third-order valence-electron chi connectivity index (χ3n) is 1.98. The summed E-state index contributed by atoms with van der Waals surface area (Å²) in [6.45, 7) is -0.960. The molecule has 0 bridgehead atoms. The Labute approximate surface area is 119 Å². The first-order chi connectivity index (χ1) is 8.76. The van der Waals surface area contributed by atoms with Crippen LogP contribution in [-0.4, -0.2) is 24.4 Å². The summed E-state index contributed by atoms with van der Waals surface area (Å²) in [5.41, 5.74) is -0.383. The van der Waals surface area contributed by atoms with E-state index < -0.39 is 31.2 Å². The molecule has 1 aromatic rings. The maximum atomic E-state index is 12.6. The number of alkyl halides is 4. The highest BCUT2D eigenvalue weighted by molar-refractivity contribution is 14.1. The first-order valence-electron chi connectivity index (χ1n) is 4.83. The molecule has 0 spiro atoms. The number of rotatable bonds is 4. The van der Waals surface area contributed by atoms with Gasteiger partial charge in [0.05, 0.1) is 24.9 Å². The van der Waals surface area contributed by atoms with Gasteiger partial charge in [-0.3, -0.25) is 4.79 Å². The fourth-order valence-electron chi connectivity index (χ4n) is 1.20. The van der Waals surface area contributed by atoms with Crippen LogP contribution in [0.2, 0.25) is 0 Å². The van der Waals surface area contributed by atoms with Crippen molar-refractivity contribution in [2.45, 2.75) is 19.5 Å². The van der Waals surface area contributed by atoms with Gasteiger partial charge in [-0.15, -0.1) is 13.2 Å². The first-order valence-corrected chi connectivity index (χ1v) is 5.91. The van der Waals surface area contributed by atoms with Gasteiger partial charge in [0.1, 0.15) is 6.67 Å². The molecule has 0 radical (unpaired) electrons. The van der Waals surface area contributed by atoms with Gasteiger partial charge in [-0.1, -0.05) is 0 Å². The number of hydrogen-bond acceptors (Lipinski definition) is 4. The van der Waals surface area contributed by atoms with Crippen molar-refractivity contribution < 1.29 is 31.8 Å². The van der Waals surface area contributed by atoms with Crippen molar-refractivity contribution >= 4 is 28.6 Å². The molecule has 4 nitrogen and oxygen atoms in total. The van der Waals surface area contributed by atoms with Gasteiger partial charge >= 0.3 is 12.3 Å². The predicted molar refractivity (Wildman–Crippen MR) is 64.2 cm³/mol. The number of aromatic nitrogens is 1. The van der Waals surface area contributed by atoms with Crippen molar-refractivity contribution in [2.75, 3.05) is 7.11 Å². The Morgan fingerprint density at radius 3 is 2.53 bits per heavy atom. The first kappa shape index (κ1) is 15.9. The normalized spacial score (nSPS) is 11.3. The number of halogens is 5. The number of carbonyl (C=O) groups is 1. The van der Waals surface area contributed by atoms with Gasteiger partial charge in [-0.2, -0.15) is 0 Å². The zero-order chi connectivity index (χ0) is 14.6. The Kier molecular flexibility index (Phi) is 5.32. The van der Waals surface area contributed by atoms with Crippen LogP contribution in [0.3, 0.4) is 0 Å². The minimum Gasteiger partial charge on any atom is -0.469 e. The molecule has 1 heterocycles. The molecule has 0 amide bonds. The molecule has 0 saturated heterocycles. The van der Waals surface area contributed by atoms with Gasteiger partial charge in [0.2, 0.25) is 0 Å². The smallest absolute Gasteiger partial charge is 0.469 e. The average molecular weight is 393 g/mol. The lowest BCUT2D eigenvalue weighted by Crippen LogP contribution is -2.20. The summed E-state index contributed by atoms with van der Waals surface area (Å²) in [5, 5.41) is 0. The molecule has 106 valence electrons. The van der Waals surface area contributed by atoms with Gasteiger partial charge in [-0.05, 0) is 28.7 Å². The summed E-state index contributed by atoms with van der Waals surface area (Å²) in [6.07, 6.45) is -5.46. The van der Waals surface area contributed by atoms with Gasteiger partial charge < -0.3 is 9.47 Å². The van der Waals surface area contributed by atoms with Gasteiger partial charge in [0, 0.05) is 3.57 Å². The Hall–Kier alpha value is -1.13. The number of pyridine rings is 1. The highest BCUT2D eigenvalue weighted by Gasteiger charge is 2.33. The maximum absolute atomic E-state index is 12.6. The van der Waals surface area contributed by atoms with Gasteiger partial charge in [0.25, 0.3) is 0 Å². The van der Waals surface area contributed by atoms with Crippen LogP contribution in [0.5, 0.6) is 5.75 Å². The molecule has 0 N–H and O–H groups in total. The SMILES string of the molecule is COC(=O)Cc1nc(CF)c(I)cc1OC(F)(F)F. The predicted octanol–water partition coefficient (Wildman–Crippen LogP) is 2.77. The lowest BCUT2D eigenvalue weighted by molar-refractivity contribution is -0.275. The highest BCUT2D eigenvalue weighted by Crippen LogP contribution is 2.29. The van der Waals surface area contributed by atoms with E-state index in [1.54, 1.807) is 22.6 Å². The van der Waals surface area contributed by atoms with Gasteiger partial charge in [0.15, 0.2) is 5.75 Å². The second kappa shape index (κ2) is 6.35. The van der Waals surface area contributed by atoms with Crippen molar-refractivity contribution in [1.82, 2.24) is 4.98 Å². The van der Waals surface area contributed by atoms with E-state index in [2.05, 4.69) is 14.5 Å². The van der Waals surface area contributed by atoms with Crippen molar-refractivity contribution in [3.63, 3.8) is 0 Å². The Balaban J connectivity index is 3.18. The number of hydrogen-bond donors (Lipinski definition) is 0. The molecule has 0 aliphatic heterocycles. The fourth-order valence-corrected chi connectivity index (χ4v) is 1.74. The molecule has 0 unspecified atom stereocenters. The largest absolute Gasteiger partial charge is 0.573 e. The Morgan fingerprint density at radius 1 is 1.42 bits per heavy atom. The van der Waals surface area contributed by atoms with Crippen molar-refractivity contribution in [2.24, 2.45) is 0 Å². The van der Waals surface area contributed by atoms with E-state index in [0.717, 1.165) is 13.2 Å². The molecule has 0 atom stereocenters. The summed E-state index contributed by atoms with van der Waals surface area (Å²) in [5.74, 6) is -1.44. The van der Waals surface area contributed by atoms with E-state index in [1.807, 2.05) is 0 Å². The van der Waals surface area contributed by atoms with Crippen LogP contribution in [0.4, 0.5) is 17.6 Å². The zero-order valence-electron chi connectivity index (χ0n) is 9.55. The molecular formula is C10H8F4INO3. The fraction of sp³-hybridized carbons (Fsp3) is 0.400. The summed E-state index contributed by atoms with van der Waals surface area (Å²) in [6, 6.07) is 0.980. The van der Waals surface area contributed by atoms with E-state index in [0.29, 0.717) is 0 Å². The van der Waals surface area contributed by atoms with Crippen LogP contribution < -0.4 is 4.74 Å². The lowest BCUT2D eigenvalue weighted by Gasteiger charge is -2.13. The summed E-state index contributed by atoms with van der Waals surface area (Å²) >= 11 is 1.63. The lowest BCUT2D eigenvalue weighted by atomic mass is 10.2. The number of esters is 1. The summed E-state index contributed by atoms with van der Waals surface area (Å²) < 4.78 is 57.5. The van der Waals surface area contributed by atoms with E-state index in [-0.39, 0.29) is 15.0 Å². The molecule has 0 saturated carbocycles. The number of ether oxygens (including phenoxy) is 2. The molecule has 0 aromatic carbocycles. The van der Waals surface area contributed by atoms with E-state index >= 15 is 0 Å². The molecule has 9 heteroatoms. The van der Waals surface area contributed by atoms with Crippen molar-refractivity contribution in [3.8, 4) is 5.75 Å². The van der Waals surface area contributed by atoms with E-state index in [9.17, 15) is 22.4 Å². The number of nitrogens with zero attached hydrogens (tertiary/aromatic N) is 1. The Bertz CT molecular complexity index is 479. The number of methoxy groups -OCH3 is 1. The summed E-state index contributed by atoms with van der Waals surface area (Å²) in [7, 11) is 1.08. The van der Waals surface area contributed by atoms with Crippen LogP contribution in [0.25, 0.3) is 0 Å². The second-order valence-electron chi connectivity index (χ2n) is 3.30. The standard InChI is InChI=1S/C10H8F4INO3/c1-18-9(17)3-6-8(19-10(12,13)14)2-5(15)7(4-11)16-6/h2H,3-4H2,1H3. The van der Waals surface area contributed by atoms with Crippen molar-refractivity contribution in [3.05, 3.63) is 21.0 Å². The van der Waals surface area contributed by atoms with Crippen LogP contribution in [0.15, 0.2) is 6.07 Å². The third-order valence-corrected chi connectivity index (χ3v) is 2.91. The molecule has 0 fully saturated rings. The summed E-state index contributed by atoms with van der Waals surface area (Å²) in [4.78, 5) is 14.7. The quantitative estimate of drug-likeness (QED) is 0.449. The second-order valence-corrected chi connectivity index (χ2v) is 4.46. The third kappa shape index (κ3) is 4.80.